The Kier molecular flexibility index (Phi) is 5.51. The monoisotopic (exact) mass is 330 g/mol. The molecule has 0 saturated heterocycles. The number of benzene rings is 1. The number of ether oxygens (including phenoxy) is 1. The van der Waals surface area contributed by atoms with Gasteiger partial charge in [-0.05, 0) is 55.4 Å². The van der Waals surface area contributed by atoms with E-state index in [9.17, 15) is 9.59 Å². The van der Waals surface area contributed by atoms with Crippen molar-refractivity contribution in [2.24, 2.45) is 5.92 Å². The van der Waals surface area contributed by atoms with E-state index in [-0.39, 0.29) is 24.5 Å². The highest BCUT2D eigenvalue weighted by Gasteiger charge is 2.22. The van der Waals surface area contributed by atoms with Gasteiger partial charge in [-0.2, -0.15) is 0 Å². The Morgan fingerprint density at radius 3 is 2.92 bits per heavy atom. The molecule has 5 heteroatoms. The average molecular weight is 330 g/mol. The zero-order chi connectivity index (χ0) is 16.9. The number of nitrogens with one attached hydrogen (secondary N) is 2. The minimum Gasteiger partial charge on any atom is -0.368 e. The van der Waals surface area contributed by atoms with Crippen molar-refractivity contribution >= 4 is 23.2 Å². The third-order valence-electron chi connectivity index (χ3n) is 4.97. The molecule has 1 heterocycles. The summed E-state index contributed by atoms with van der Waals surface area (Å²) in [7, 11) is 0. The van der Waals surface area contributed by atoms with Gasteiger partial charge in [0.2, 0.25) is 11.8 Å². The number of anilines is 2. The molecule has 0 aromatic heterocycles. The molecule has 2 amide bonds. The van der Waals surface area contributed by atoms with Gasteiger partial charge in [-0.15, -0.1) is 0 Å². The smallest absolute Gasteiger partial charge is 0.250 e. The summed E-state index contributed by atoms with van der Waals surface area (Å²) in [5.41, 5.74) is 2.68. The lowest BCUT2D eigenvalue weighted by Crippen LogP contribution is -2.29. The molecule has 1 aliphatic heterocycles. The van der Waals surface area contributed by atoms with E-state index in [1.165, 1.54) is 19.3 Å². The molecular weight excluding hydrogens is 304 g/mol. The molecule has 0 unspecified atom stereocenters. The number of hydrogen-bond acceptors (Lipinski definition) is 3. The zero-order valence-corrected chi connectivity index (χ0v) is 14.3. The maximum Gasteiger partial charge on any atom is 0.250 e. The molecule has 1 saturated carbocycles. The lowest BCUT2D eigenvalue weighted by molar-refractivity contribution is -0.124. The van der Waals surface area contributed by atoms with Crippen LogP contribution in [0.5, 0.6) is 0 Å². The first-order valence-electron chi connectivity index (χ1n) is 8.96. The van der Waals surface area contributed by atoms with Crippen LogP contribution in [0.15, 0.2) is 18.2 Å². The Balaban J connectivity index is 1.54. The first kappa shape index (κ1) is 17.0. The maximum atomic E-state index is 12.1. The zero-order valence-electron chi connectivity index (χ0n) is 14.3. The molecule has 130 valence electrons. The predicted molar refractivity (Wildman–Crippen MR) is 94.0 cm³/mol. The van der Waals surface area contributed by atoms with Crippen molar-refractivity contribution in [3.63, 3.8) is 0 Å². The Labute approximate surface area is 143 Å². The van der Waals surface area contributed by atoms with Gasteiger partial charge in [0.1, 0.15) is 6.61 Å². The van der Waals surface area contributed by atoms with E-state index in [2.05, 4.69) is 17.6 Å². The van der Waals surface area contributed by atoms with Gasteiger partial charge in [0.05, 0.1) is 6.10 Å². The van der Waals surface area contributed by atoms with Crippen LogP contribution in [0.25, 0.3) is 0 Å². The Hall–Kier alpha value is -1.88. The summed E-state index contributed by atoms with van der Waals surface area (Å²) < 4.78 is 5.81. The molecule has 5 nitrogen and oxygen atoms in total. The fourth-order valence-corrected chi connectivity index (χ4v) is 3.56. The van der Waals surface area contributed by atoms with E-state index in [4.69, 9.17) is 4.74 Å². The number of carbonyl (C=O) groups is 2. The second-order valence-corrected chi connectivity index (χ2v) is 6.93. The second kappa shape index (κ2) is 7.79. The van der Waals surface area contributed by atoms with Crippen LogP contribution < -0.4 is 10.6 Å². The van der Waals surface area contributed by atoms with Crippen molar-refractivity contribution in [1.29, 1.82) is 0 Å². The van der Waals surface area contributed by atoms with E-state index in [1.54, 1.807) is 0 Å². The van der Waals surface area contributed by atoms with E-state index < -0.39 is 0 Å². The van der Waals surface area contributed by atoms with Crippen LogP contribution in [0.3, 0.4) is 0 Å². The van der Waals surface area contributed by atoms with E-state index in [0.717, 1.165) is 36.2 Å². The van der Waals surface area contributed by atoms with Gasteiger partial charge >= 0.3 is 0 Å². The van der Waals surface area contributed by atoms with Crippen molar-refractivity contribution in [3.8, 4) is 0 Å². The molecule has 1 aromatic carbocycles. The highest BCUT2D eigenvalue weighted by Crippen LogP contribution is 2.27. The van der Waals surface area contributed by atoms with E-state index >= 15 is 0 Å². The molecule has 1 aliphatic carbocycles. The number of carbonyl (C=O) groups excluding carboxylic acids is 2. The topological polar surface area (TPSA) is 67.4 Å². The summed E-state index contributed by atoms with van der Waals surface area (Å²) in [6, 6.07) is 5.63. The predicted octanol–water partition coefficient (Wildman–Crippen LogP) is 3.50. The van der Waals surface area contributed by atoms with Gasteiger partial charge in [0.15, 0.2) is 0 Å². The van der Waals surface area contributed by atoms with Crippen molar-refractivity contribution in [1.82, 2.24) is 0 Å². The molecule has 1 aromatic rings. The molecule has 0 spiro atoms. The van der Waals surface area contributed by atoms with Crippen molar-refractivity contribution in [2.75, 3.05) is 17.2 Å². The number of fused-ring (bicyclic) bond motifs is 1. The van der Waals surface area contributed by atoms with Gasteiger partial charge in [0.25, 0.3) is 0 Å². The minimum atomic E-state index is -0.120. The molecule has 0 bridgehead atoms. The maximum absolute atomic E-state index is 12.1. The molecular formula is C19H26N2O3. The van der Waals surface area contributed by atoms with Crippen LogP contribution in [0.1, 0.15) is 51.0 Å². The molecule has 2 aliphatic rings. The lowest BCUT2D eigenvalue weighted by atomic mass is 9.88. The van der Waals surface area contributed by atoms with Crippen molar-refractivity contribution in [2.45, 2.75) is 58.0 Å². The molecule has 2 atom stereocenters. The standard InChI is InChI=1S/C19H26N2O3/c1-13-5-2-3-7-17(13)24-12-19(23)20-15-9-10-16-14(11-15)6-4-8-18(22)21-16/h9-11,13,17H,2-8,12H2,1H3,(H,20,23)(H,21,22)/t13-,17+/m1/s1. The van der Waals surface area contributed by atoms with Crippen LogP contribution >= 0.6 is 0 Å². The van der Waals surface area contributed by atoms with Crippen LogP contribution in [0, 0.1) is 5.92 Å². The van der Waals surface area contributed by atoms with E-state index in [0.29, 0.717) is 12.3 Å². The summed E-state index contributed by atoms with van der Waals surface area (Å²) >= 11 is 0. The second-order valence-electron chi connectivity index (χ2n) is 6.93. The Morgan fingerprint density at radius 2 is 2.08 bits per heavy atom. The minimum absolute atomic E-state index is 0.0561. The van der Waals surface area contributed by atoms with Crippen LogP contribution in [-0.2, 0) is 20.7 Å². The molecule has 3 rings (SSSR count). The van der Waals surface area contributed by atoms with Gasteiger partial charge in [-0.25, -0.2) is 0 Å². The summed E-state index contributed by atoms with van der Waals surface area (Å²) in [6.07, 6.45) is 7.10. The first-order chi connectivity index (χ1) is 11.6. The number of hydrogen-bond donors (Lipinski definition) is 2. The van der Waals surface area contributed by atoms with E-state index in [1.807, 2.05) is 18.2 Å². The fraction of sp³-hybridized carbons (Fsp3) is 0.579. The average Bonchev–Trinajstić information content (AvgIpc) is 2.74. The molecule has 1 fully saturated rings. The Bertz CT molecular complexity index is 615. The van der Waals surface area contributed by atoms with Gasteiger partial charge < -0.3 is 15.4 Å². The molecule has 24 heavy (non-hydrogen) atoms. The van der Waals surface area contributed by atoms with Gasteiger partial charge in [-0.1, -0.05) is 19.8 Å². The number of rotatable bonds is 4. The van der Waals surface area contributed by atoms with Gasteiger partial charge in [0, 0.05) is 17.8 Å². The first-order valence-corrected chi connectivity index (χ1v) is 8.96. The third-order valence-corrected chi connectivity index (χ3v) is 4.97. The lowest BCUT2D eigenvalue weighted by Gasteiger charge is -2.28. The summed E-state index contributed by atoms with van der Waals surface area (Å²) in [6.45, 7) is 2.30. The third kappa shape index (κ3) is 4.35. The summed E-state index contributed by atoms with van der Waals surface area (Å²) in [5.74, 6) is 0.466. The van der Waals surface area contributed by atoms with Crippen molar-refractivity contribution < 1.29 is 14.3 Å². The molecule has 2 N–H and O–H groups in total. The number of aryl methyl sites for hydroxylation is 1. The molecule has 0 radical (unpaired) electrons. The van der Waals surface area contributed by atoms with Crippen molar-refractivity contribution in [3.05, 3.63) is 23.8 Å². The Morgan fingerprint density at radius 1 is 1.25 bits per heavy atom. The summed E-state index contributed by atoms with van der Waals surface area (Å²) in [5, 5.41) is 5.80. The van der Waals surface area contributed by atoms with Crippen LogP contribution in [0.4, 0.5) is 11.4 Å². The largest absolute Gasteiger partial charge is 0.368 e. The van der Waals surface area contributed by atoms with Gasteiger partial charge in [-0.3, -0.25) is 9.59 Å². The highest BCUT2D eigenvalue weighted by atomic mass is 16.5. The summed E-state index contributed by atoms with van der Waals surface area (Å²) in [4.78, 5) is 23.7. The quantitative estimate of drug-likeness (QED) is 0.888. The number of amides is 2. The highest BCUT2D eigenvalue weighted by molar-refractivity contribution is 5.94. The fourth-order valence-electron chi connectivity index (χ4n) is 3.56. The normalized spacial score (nSPS) is 23.8. The SMILES string of the molecule is C[C@@H]1CCCC[C@@H]1OCC(=O)Nc1ccc2c(c1)CCCC(=O)N2. The van der Waals surface area contributed by atoms with Crippen LogP contribution in [0.2, 0.25) is 0 Å². The van der Waals surface area contributed by atoms with Crippen LogP contribution in [-0.4, -0.2) is 24.5 Å².